The van der Waals surface area contributed by atoms with Crippen molar-refractivity contribution in [2.24, 2.45) is 0 Å². The van der Waals surface area contributed by atoms with Crippen LogP contribution in [0.4, 0.5) is 11.4 Å². The van der Waals surface area contributed by atoms with Gasteiger partial charge in [0, 0.05) is 17.4 Å². The largest absolute Gasteiger partial charge is 0.399 e. The summed E-state index contributed by atoms with van der Waals surface area (Å²) in [5.74, 6) is 0. The Kier molecular flexibility index (Phi) is 10.8. The molecule has 0 aromatic heterocycles. The minimum Gasteiger partial charge on any atom is -0.399 e. The third-order valence-corrected chi connectivity index (χ3v) is 6.85. The second kappa shape index (κ2) is 13.1. The molecule has 0 aliphatic carbocycles. The maximum Gasteiger partial charge on any atom is 0.190 e. The molecule has 2 unspecified atom stereocenters. The summed E-state index contributed by atoms with van der Waals surface area (Å²) in [5.41, 5.74) is 8.45. The monoisotopic (exact) mass is 523 g/mol. The maximum atomic E-state index is 12.9. The molecular formula is C24H33N3O4S3. The van der Waals surface area contributed by atoms with Crippen LogP contribution in [0.5, 0.6) is 0 Å². The molecule has 0 bridgehead atoms. The van der Waals surface area contributed by atoms with Crippen molar-refractivity contribution in [1.82, 2.24) is 5.32 Å². The topological polar surface area (TPSA) is 103 Å². The first-order valence-corrected chi connectivity index (χ1v) is 13.5. The van der Waals surface area contributed by atoms with Crippen molar-refractivity contribution in [2.75, 3.05) is 11.1 Å². The van der Waals surface area contributed by atoms with Gasteiger partial charge in [-0.05, 0) is 89.2 Å². The van der Waals surface area contributed by atoms with E-state index in [1.165, 1.54) is 0 Å². The molecule has 0 aliphatic heterocycles. The van der Waals surface area contributed by atoms with Crippen LogP contribution in [-0.4, -0.2) is 31.8 Å². The lowest BCUT2D eigenvalue weighted by atomic mass is 10.1. The highest BCUT2D eigenvalue weighted by molar-refractivity contribution is 7.80. The zero-order valence-corrected chi connectivity index (χ0v) is 22.7. The van der Waals surface area contributed by atoms with Crippen LogP contribution in [0, 0.1) is 0 Å². The van der Waals surface area contributed by atoms with Crippen LogP contribution in [0.2, 0.25) is 0 Å². The second-order valence-electron chi connectivity index (χ2n) is 8.40. The van der Waals surface area contributed by atoms with Gasteiger partial charge in [-0.1, -0.05) is 24.3 Å². The number of benzene rings is 2. The summed E-state index contributed by atoms with van der Waals surface area (Å²) in [7, 11) is 0. The number of hydrogen-bond acceptors (Lipinski definition) is 6. The van der Waals surface area contributed by atoms with E-state index in [0.29, 0.717) is 37.4 Å². The number of nitrogens with two attached hydrogens (primary N) is 1. The SMILES string of the molecule is CC(C)NC(=S)Nc1ccc(/C=C/c2ccc(N)cc2S(=O)OC(C)C)c(S(=O)OC(C)C)c1. The van der Waals surface area contributed by atoms with Gasteiger partial charge in [-0.25, -0.2) is 8.42 Å². The van der Waals surface area contributed by atoms with Crippen molar-refractivity contribution in [3.63, 3.8) is 0 Å². The average Bonchev–Trinajstić information content (AvgIpc) is 2.71. The molecule has 34 heavy (non-hydrogen) atoms. The molecule has 0 heterocycles. The fraction of sp³-hybridized carbons (Fsp3) is 0.375. The first-order valence-electron chi connectivity index (χ1n) is 10.9. The lowest BCUT2D eigenvalue weighted by Crippen LogP contribution is -2.33. The van der Waals surface area contributed by atoms with Gasteiger partial charge in [0.15, 0.2) is 27.3 Å². The first kappa shape index (κ1) is 28.1. The Bertz CT molecular complexity index is 1090. The lowest BCUT2D eigenvalue weighted by Gasteiger charge is -2.15. The van der Waals surface area contributed by atoms with Crippen LogP contribution in [0.1, 0.15) is 52.7 Å². The summed E-state index contributed by atoms with van der Waals surface area (Å²) >= 11 is 1.94. The molecule has 0 saturated heterocycles. The Morgan fingerprint density at radius 3 is 1.88 bits per heavy atom. The fourth-order valence-corrected chi connectivity index (χ4v) is 5.16. The zero-order chi connectivity index (χ0) is 25.4. The second-order valence-corrected chi connectivity index (χ2v) is 11.0. The zero-order valence-electron chi connectivity index (χ0n) is 20.3. The Morgan fingerprint density at radius 2 is 1.38 bits per heavy atom. The van der Waals surface area contributed by atoms with Gasteiger partial charge < -0.3 is 16.4 Å². The minimum atomic E-state index is -1.70. The molecule has 2 aromatic carbocycles. The molecule has 4 N–H and O–H groups in total. The maximum absolute atomic E-state index is 12.9. The molecule has 2 aromatic rings. The molecule has 0 amide bonds. The molecule has 0 saturated carbocycles. The average molecular weight is 524 g/mol. The lowest BCUT2D eigenvalue weighted by molar-refractivity contribution is 0.269. The van der Waals surface area contributed by atoms with E-state index < -0.39 is 22.2 Å². The molecule has 2 rings (SSSR count). The van der Waals surface area contributed by atoms with Crippen LogP contribution in [0.3, 0.4) is 0 Å². The van der Waals surface area contributed by atoms with Crippen LogP contribution >= 0.6 is 12.2 Å². The highest BCUT2D eigenvalue weighted by Crippen LogP contribution is 2.26. The molecule has 0 aliphatic rings. The number of anilines is 2. The number of rotatable bonds is 10. The van der Waals surface area contributed by atoms with Gasteiger partial charge in [0.2, 0.25) is 0 Å². The molecule has 7 nitrogen and oxygen atoms in total. The predicted molar refractivity (Wildman–Crippen MR) is 146 cm³/mol. The van der Waals surface area contributed by atoms with Crippen LogP contribution < -0.4 is 16.4 Å². The van der Waals surface area contributed by atoms with Gasteiger partial charge in [0.05, 0.1) is 22.0 Å². The number of nitrogen functional groups attached to an aromatic ring is 1. The molecule has 0 fully saturated rings. The first-order chi connectivity index (χ1) is 16.0. The van der Waals surface area contributed by atoms with Gasteiger partial charge >= 0.3 is 0 Å². The van der Waals surface area contributed by atoms with E-state index in [0.717, 1.165) is 0 Å². The van der Waals surface area contributed by atoms with Crippen molar-refractivity contribution in [3.8, 4) is 0 Å². The van der Waals surface area contributed by atoms with E-state index in [1.54, 1.807) is 36.4 Å². The molecule has 186 valence electrons. The number of thiocarbonyl (C=S) groups is 1. The Morgan fingerprint density at radius 1 is 0.882 bits per heavy atom. The highest BCUT2D eigenvalue weighted by atomic mass is 32.2. The summed E-state index contributed by atoms with van der Waals surface area (Å²) in [6.45, 7) is 11.2. The van der Waals surface area contributed by atoms with Gasteiger partial charge in [0.1, 0.15) is 0 Å². The third kappa shape index (κ3) is 8.92. The summed E-state index contributed by atoms with van der Waals surface area (Å²) in [6.07, 6.45) is 3.15. The van der Waals surface area contributed by atoms with Crippen LogP contribution in [0.15, 0.2) is 46.2 Å². The quantitative estimate of drug-likeness (QED) is 0.226. The van der Waals surface area contributed by atoms with Gasteiger partial charge in [-0.2, -0.15) is 0 Å². The molecule has 2 atom stereocenters. The van der Waals surface area contributed by atoms with Gasteiger partial charge in [0.25, 0.3) is 0 Å². The summed E-state index contributed by atoms with van der Waals surface area (Å²) < 4.78 is 36.6. The van der Waals surface area contributed by atoms with E-state index >= 15 is 0 Å². The molecule has 0 spiro atoms. The normalized spacial score (nSPS) is 13.6. The van der Waals surface area contributed by atoms with E-state index in [1.807, 2.05) is 53.7 Å². The van der Waals surface area contributed by atoms with Gasteiger partial charge in [-0.15, -0.1) is 0 Å². The van der Waals surface area contributed by atoms with Crippen molar-refractivity contribution in [3.05, 3.63) is 47.5 Å². The van der Waals surface area contributed by atoms with Crippen molar-refractivity contribution in [2.45, 2.75) is 69.6 Å². The Labute approximate surface area is 212 Å². The minimum absolute atomic E-state index is 0.180. The standard InChI is InChI=1S/C24H33N3O4S3/c1-15(2)26-24(32)27-21-12-10-19(23(14-21)34(29)31-17(5)6)8-7-18-9-11-20(25)13-22(18)33(28)30-16(3)4/h7-17H,25H2,1-6H3,(H2,26,27,32)/b8-7+. The van der Waals surface area contributed by atoms with Crippen LogP contribution in [0.25, 0.3) is 12.2 Å². The summed E-state index contributed by atoms with van der Waals surface area (Å²) in [4.78, 5) is 0.952. The smallest absolute Gasteiger partial charge is 0.190 e. The number of nitrogens with one attached hydrogen (secondary N) is 2. The van der Waals surface area contributed by atoms with Crippen molar-refractivity contribution in [1.29, 1.82) is 0 Å². The van der Waals surface area contributed by atoms with E-state index in [2.05, 4.69) is 10.6 Å². The van der Waals surface area contributed by atoms with Crippen molar-refractivity contribution < 1.29 is 16.8 Å². The highest BCUT2D eigenvalue weighted by Gasteiger charge is 2.15. The summed E-state index contributed by atoms with van der Waals surface area (Å²) in [5, 5.41) is 6.69. The molecular weight excluding hydrogens is 490 g/mol. The Hall–Kier alpha value is -2.11. The fourth-order valence-electron chi connectivity index (χ4n) is 2.79. The van der Waals surface area contributed by atoms with Crippen LogP contribution in [-0.2, 0) is 30.5 Å². The van der Waals surface area contributed by atoms with E-state index in [4.69, 9.17) is 26.3 Å². The van der Waals surface area contributed by atoms with Crippen molar-refractivity contribution >= 4 is 63.0 Å². The van der Waals surface area contributed by atoms with E-state index in [-0.39, 0.29) is 18.2 Å². The molecule has 0 radical (unpaired) electrons. The predicted octanol–water partition coefficient (Wildman–Crippen LogP) is 5.03. The summed E-state index contributed by atoms with van der Waals surface area (Å²) in [6, 6.07) is 10.7. The van der Waals surface area contributed by atoms with Gasteiger partial charge in [-0.3, -0.25) is 8.37 Å². The number of hydrogen-bond donors (Lipinski definition) is 3. The Balaban J connectivity index is 2.43. The third-order valence-electron chi connectivity index (χ3n) is 4.09. The molecule has 10 heteroatoms. The van der Waals surface area contributed by atoms with E-state index in [9.17, 15) is 8.42 Å².